The summed E-state index contributed by atoms with van der Waals surface area (Å²) in [5.74, 6) is 0.511. The standard InChI is InChI=1S/C8H11F3N4OS/c1-16-5-6(12)14-4-15-7(5)13-2-3-17-8(9,10)11/h4H,2-3H2,1H3,(H3,12,13,14,15). The van der Waals surface area contributed by atoms with Crippen LogP contribution in [0.4, 0.5) is 24.8 Å². The molecular weight excluding hydrogens is 257 g/mol. The molecule has 1 heterocycles. The second kappa shape index (κ2) is 5.80. The highest BCUT2D eigenvalue weighted by Gasteiger charge is 2.27. The third-order valence-corrected chi connectivity index (χ3v) is 2.43. The molecule has 1 aromatic heterocycles. The number of thioether (sulfide) groups is 1. The lowest BCUT2D eigenvalue weighted by Gasteiger charge is -2.11. The number of hydrogen-bond acceptors (Lipinski definition) is 6. The molecular formula is C8H11F3N4OS. The van der Waals surface area contributed by atoms with Crippen LogP contribution in [0.2, 0.25) is 0 Å². The van der Waals surface area contributed by atoms with Crippen molar-refractivity contribution in [2.45, 2.75) is 5.51 Å². The number of methoxy groups -OCH3 is 1. The van der Waals surface area contributed by atoms with Gasteiger partial charge in [0.2, 0.25) is 5.75 Å². The van der Waals surface area contributed by atoms with Gasteiger partial charge in [0, 0.05) is 12.3 Å². The fraction of sp³-hybridized carbons (Fsp3) is 0.500. The van der Waals surface area contributed by atoms with Crippen LogP contribution in [-0.4, -0.2) is 34.9 Å². The van der Waals surface area contributed by atoms with Gasteiger partial charge in [0.1, 0.15) is 6.33 Å². The Morgan fingerprint density at radius 3 is 2.76 bits per heavy atom. The average Bonchev–Trinajstić information content (AvgIpc) is 2.23. The zero-order chi connectivity index (χ0) is 12.9. The summed E-state index contributed by atoms with van der Waals surface area (Å²) in [6, 6.07) is 0. The third-order valence-electron chi connectivity index (χ3n) is 1.70. The molecule has 0 radical (unpaired) electrons. The zero-order valence-corrected chi connectivity index (χ0v) is 9.73. The highest BCUT2D eigenvalue weighted by atomic mass is 32.2. The Kier molecular flexibility index (Phi) is 4.67. The van der Waals surface area contributed by atoms with Crippen molar-refractivity contribution in [1.82, 2.24) is 9.97 Å². The number of ether oxygens (including phenoxy) is 1. The van der Waals surface area contributed by atoms with Crippen LogP contribution < -0.4 is 15.8 Å². The first kappa shape index (κ1) is 13.7. The van der Waals surface area contributed by atoms with Gasteiger partial charge in [0.05, 0.1) is 7.11 Å². The molecule has 0 spiro atoms. The molecule has 1 aromatic rings. The van der Waals surface area contributed by atoms with E-state index in [4.69, 9.17) is 10.5 Å². The molecule has 0 unspecified atom stereocenters. The minimum Gasteiger partial charge on any atom is -0.490 e. The maximum atomic E-state index is 11.9. The molecule has 0 saturated heterocycles. The average molecular weight is 268 g/mol. The van der Waals surface area contributed by atoms with Crippen LogP contribution in [0.5, 0.6) is 5.75 Å². The van der Waals surface area contributed by atoms with Crippen molar-refractivity contribution in [2.75, 3.05) is 30.5 Å². The van der Waals surface area contributed by atoms with Gasteiger partial charge in [-0.3, -0.25) is 0 Å². The highest BCUT2D eigenvalue weighted by molar-refractivity contribution is 8.00. The number of hydrogen-bond donors (Lipinski definition) is 2. The van der Waals surface area contributed by atoms with Gasteiger partial charge < -0.3 is 15.8 Å². The number of halogens is 3. The number of nitrogens with one attached hydrogen (secondary N) is 1. The molecule has 3 N–H and O–H groups in total. The van der Waals surface area contributed by atoms with Gasteiger partial charge in [0.25, 0.3) is 0 Å². The first-order valence-corrected chi connectivity index (χ1v) is 5.51. The van der Waals surface area contributed by atoms with E-state index >= 15 is 0 Å². The number of nitrogens with two attached hydrogens (primary N) is 1. The summed E-state index contributed by atoms with van der Waals surface area (Å²) in [6.45, 7) is 0.0942. The van der Waals surface area contributed by atoms with Crippen LogP contribution in [0.15, 0.2) is 6.33 Å². The maximum absolute atomic E-state index is 11.9. The number of nitrogens with zero attached hydrogens (tertiary/aromatic N) is 2. The van der Waals surface area contributed by atoms with Gasteiger partial charge in [-0.2, -0.15) is 13.2 Å². The van der Waals surface area contributed by atoms with E-state index in [0.717, 1.165) is 0 Å². The second-order valence-electron chi connectivity index (χ2n) is 2.86. The number of rotatable bonds is 5. The van der Waals surface area contributed by atoms with Gasteiger partial charge in [-0.15, -0.1) is 0 Å². The predicted octanol–water partition coefficient (Wildman–Crippen LogP) is 1.73. The van der Waals surface area contributed by atoms with E-state index in [1.54, 1.807) is 0 Å². The maximum Gasteiger partial charge on any atom is 0.441 e. The molecule has 5 nitrogen and oxygen atoms in total. The van der Waals surface area contributed by atoms with Crippen molar-refractivity contribution in [2.24, 2.45) is 0 Å². The minimum atomic E-state index is -4.23. The fourth-order valence-corrected chi connectivity index (χ4v) is 1.49. The molecule has 0 saturated carbocycles. The summed E-state index contributed by atoms with van der Waals surface area (Å²) in [7, 11) is 1.38. The first-order chi connectivity index (χ1) is 7.94. The molecule has 0 aliphatic carbocycles. The Morgan fingerprint density at radius 1 is 1.47 bits per heavy atom. The van der Waals surface area contributed by atoms with Crippen molar-refractivity contribution in [3.05, 3.63) is 6.33 Å². The first-order valence-electron chi connectivity index (χ1n) is 4.53. The number of nitrogen functional groups attached to an aromatic ring is 1. The zero-order valence-electron chi connectivity index (χ0n) is 8.91. The monoisotopic (exact) mass is 268 g/mol. The summed E-state index contributed by atoms with van der Waals surface area (Å²) in [4.78, 5) is 7.52. The summed E-state index contributed by atoms with van der Waals surface area (Å²) < 4.78 is 40.5. The van der Waals surface area contributed by atoms with Crippen molar-refractivity contribution in [1.29, 1.82) is 0 Å². The quantitative estimate of drug-likeness (QED) is 0.792. The van der Waals surface area contributed by atoms with E-state index in [1.807, 2.05) is 0 Å². The summed E-state index contributed by atoms with van der Waals surface area (Å²) in [5.41, 5.74) is 1.28. The predicted molar refractivity (Wildman–Crippen MR) is 60.0 cm³/mol. The van der Waals surface area contributed by atoms with Crippen LogP contribution in [0.1, 0.15) is 0 Å². The van der Waals surface area contributed by atoms with Crippen LogP contribution in [0, 0.1) is 0 Å². The molecule has 96 valence electrons. The largest absolute Gasteiger partial charge is 0.490 e. The van der Waals surface area contributed by atoms with E-state index in [1.165, 1.54) is 13.4 Å². The lowest BCUT2D eigenvalue weighted by molar-refractivity contribution is -0.0327. The Labute approximate surface area is 100.0 Å². The molecule has 0 fully saturated rings. The number of alkyl halides is 3. The SMILES string of the molecule is COc1c(N)ncnc1NCCSC(F)(F)F. The highest BCUT2D eigenvalue weighted by Crippen LogP contribution is 2.30. The Morgan fingerprint density at radius 2 is 2.18 bits per heavy atom. The fourth-order valence-electron chi connectivity index (χ4n) is 1.05. The Balaban J connectivity index is 2.49. The molecule has 0 atom stereocenters. The van der Waals surface area contributed by atoms with Gasteiger partial charge in [0.15, 0.2) is 11.6 Å². The van der Waals surface area contributed by atoms with Gasteiger partial charge >= 0.3 is 5.51 Å². The van der Waals surface area contributed by atoms with E-state index in [-0.39, 0.29) is 41.4 Å². The molecule has 0 aromatic carbocycles. The molecule has 0 amide bonds. The number of anilines is 2. The lowest BCUT2D eigenvalue weighted by Crippen LogP contribution is -2.12. The van der Waals surface area contributed by atoms with Crippen LogP contribution in [-0.2, 0) is 0 Å². The van der Waals surface area contributed by atoms with Crippen molar-refractivity contribution >= 4 is 23.4 Å². The molecule has 9 heteroatoms. The van der Waals surface area contributed by atoms with E-state index < -0.39 is 5.51 Å². The topological polar surface area (TPSA) is 73.1 Å². The van der Waals surface area contributed by atoms with E-state index in [9.17, 15) is 13.2 Å². The third kappa shape index (κ3) is 4.55. The molecule has 0 aliphatic rings. The van der Waals surface area contributed by atoms with Crippen molar-refractivity contribution < 1.29 is 17.9 Å². The Bertz CT molecular complexity index is 374. The normalized spacial score (nSPS) is 11.3. The Hall–Kier alpha value is -1.38. The van der Waals surface area contributed by atoms with Gasteiger partial charge in [-0.1, -0.05) is 0 Å². The molecule has 0 aliphatic heterocycles. The van der Waals surface area contributed by atoms with Crippen LogP contribution in [0.3, 0.4) is 0 Å². The lowest BCUT2D eigenvalue weighted by atomic mass is 10.4. The number of aromatic nitrogens is 2. The molecule has 17 heavy (non-hydrogen) atoms. The van der Waals surface area contributed by atoms with E-state index in [2.05, 4.69) is 15.3 Å². The summed E-state index contributed by atoms with van der Waals surface area (Å²) in [5, 5.41) is 2.70. The van der Waals surface area contributed by atoms with Crippen LogP contribution in [0.25, 0.3) is 0 Å². The van der Waals surface area contributed by atoms with Gasteiger partial charge in [-0.05, 0) is 11.8 Å². The smallest absolute Gasteiger partial charge is 0.441 e. The summed E-state index contributed by atoms with van der Waals surface area (Å²) in [6.07, 6.45) is 1.21. The van der Waals surface area contributed by atoms with Crippen molar-refractivity contribution in [3.8, 4) is 5.75 Å². The molecule has 1 rings (SSSR count). The van der Waals surface area contributed by atoms with Gasteiger partial charge in [-0.25, -0.2) is 9.97 Å². The molecule has 0 bridgehead atoms. The van der Waals surface area contributed by atoms with Crippen LogP contribution >= 0.6 is 11.8 Å². The second-order valence-corrected chi connectivity index (χ2v) is 4.02. The van der Waals surface area contributed by atoms with E-state index in [0.29, 0.717) is 0 Å². The summed E-state index contributed by atoms with van der Waals surface area (Å²) >= 11 is -0.107. The van der Waals surface area contributed by atoms with Crippen molar-refractivity contribution in [3.63, 3.8) is 0 Å². The minimum absolute atomic E-state index is 0.0942.